The van der Waals surface area contributed by atoms with E-state index in [1.807, 2.05) is 26.0 Å². The van der Waals surface area contributed by atoms with Gasteiger partial charge in [0.05, 0.1) is 12.2 Å². The molecular formula is C29H42O5Si. The van der Waals surface area contributed by atoms with Gasteiger partial charge in [-0.25, -0.2) is 0 Å². The molecular weight excluding hydrogens is 456 g/mol. The van der Waals surface area contributed by atoms with Crippen LogP contribution in [0.5, 0.6) is 0 Å². The van der Waals surface area contributed by atoms with Gasteiger partial charge in [0.2, 0.25) is 0 Å². The Morgan fingerprint density at radius 1 is 1.00 bits per heavy atom. The minimum atomic E-state index is -2.75. The minimum absolute atomic E-state index is 0.158. The van der Waals surface area contributed by atoms with Crippen LogP contribution in [0.4, 0.5) is 0 Å². The Morgan fingerprint density at radius 2 is 1.51 bits per heavy atom. The zero-order chi connectivity index (χ0) is 25.9. The lowest BCUT2D eigenvalue weighted by Gasteiger charge is -2.44. The number of aliphatic hydroxyl groups is 1. The van der Waals surface area contributed by atoms with Crippen LogP contribution in [0, 0.1) is 0 Å². The molecule has 0 amide bonds. The lowest BCUT2D eigenvalue weighted by molar-refractivity contribution is -0.180. The Kier molecular flexibility index (Phi) is 8.47. The van der Waals surface area contributed by atoms with Crippen molar-refractivity contribution >= 4 is 18.7 Å². The minimum Gasteiger partial charge on any atom is -0.405 e. The van der Waals surface area contributed by atoms with E-state index in [9.17, 15) is 5.11 Å². The SMILES string of the molecule is C=CC[C@](C)(O)[C@H](OC)[C@H]1OC(C)(C)O[C@H]1CO[Si](c1ccccc1)(c1ccccc1)C(C)(C)C. The highest BCUT2D eigenvalue weighted by Crippen LogP contribution is 2.39. The normalized spacial score (nSPS) is 23.0. The van der Waals surface area contributed by atoms with Gasteiger partial charge in [0.25, 0.3) is 8.32 Å². The number of hydrogen-bond donors (Lipinski definition) is 1. The van der Waals surface area contributed by atoms with Gasteiger partial charge >= 0.3 is 0 Å². The zero-order valence-corrected chi connectivity index (χ0v) is 23.3. The molecule has 2 aromatic rings. The van der Waals surface area contributed by atoms with E-state index in [1.54, 1.807) is 20.1 Å². The molecule has 1 fully saturated rings. The highest BCUT2D eigenvalue weighted by atomic mass is 28.4. The van der Waals surface area contributed by atoms with Crippen LogP contribution in [0.1, 0.15) is 48.0 Å². The van der Waals surface area contributed by atoms with E-state index < -0.39 is 38.0 Å². The average molecular weight is 499 g/mol. The summed E-state index contributed by atoms with van der Waals surface area (Å²) in [6.07, 6.45) is 0.514. The Morgan fingerprint density at radius 3 is 1.94 bits per heavy atom. The van der Waals surface area contributed by atoms with E-state index in [-0.39, 0.29) is 5.04 Å². The molecule has 5 nitrogen and oxygen atoms in total. The molecule has 0 saturated carbocycles. The fraction of sp³-hybridized carbons (Fsp3) is 0.517. The van der Waals surface area contributed by atoms with Gasteiger partial charge in [-0.05, 0) is 42.6 Å². The van der Waals surface area contributed by atoms with Crippen LogP contribution in [0.3, 0.4) is 0 Å². The second-order valence-electron chi connectivity index (χ2n) is 11.1. The van der Waals surface area contributed by atoms with Crippen molar-refractivity contribution in [3.8, 4) is 0 Å². The van der Waals surface area contributed by atoms with Gasteiger partial charge in [-0.3, -0.25) is 0 Å². The highest BCUT2D eigenvalue weighted by Gasteiger charge is 2.54. The molecule has 1 N–H and O–H groups in total. The number of benzene rings is 2. The lowest BCUT2D eigenvalue weighted by atomic mass is 9.89. The molecule has 35 heavy (non-hydrogen) atoms. The fourth-order valence-corrected chi connectivity index (χ4v) is 9.94. The molecule has 1 aliphatic rings. The third-order valence-corrected chi connectivity index (χ3v) is 11.8. The first-order valence-corrected chi connectivity index (χ1v) is 14.3. The van der Waals surface area contributed by atoms with Crippen LogP contribution in [0.15, 0.2) is 73.3 Å². The van der Waals surface area contributed by atoms with Crippen molar-refractivity contribution in [3.05, 3.63) is 73.3 Å². The van der Waals surface area contributed by atoms with E-state index in [4.69, 9.17) is 18.6 Å². The topological polar surface area (TPSA) is 57.2 Å². The van der Waals surface area contributed by atoms with Gasteiger partial charge in [-0.15, -0.1) is 6.58 Å². The molecule has 0 unspecified atom stereocenters. The van der Waals surface area contributed by atoms with Crippen molar-refractivity contribution in [3.63, 3.8) is 0 Å². The van der Waals surface area contributed by atoms with Crippen LogP contribution in [0.2, 0.25) is 5.04 Å². The van der Waals surface area contributed by atoms with Gasteiger partial charge in [-0.1, -0.05) is 87.5 Å². The summed E-state index contributed by atoms with van der Waals surface area (Å²) in [6.45, 7) is 16.4. The predicted octanol–water partition coefficient (Wildman–Crippen LogP) is 4.43. The number of hydrogen-bond acceptors (Lipinski definition) is 5. The summed E-state index contributed by atoms with van der Waals surface area (Å²) in [5.74, 6) is -0.828. The first kappa shape index (κ1) is 27.8. The summed E-state index contributed by atoms with van der Waals surface area (Å²) in [4.78, 5) is 0. The van der Waals surface area contributed by atoms with Crippen LogP contribution < -0.4 is 10.4 Å². The third-order valence-electron chi connectivity index (χ3n) is 6.83. The Hall–Kier alpha value is -1.80. The Bertz CT molecular complexity index is 913. The smallest absolute Gasteiger partial charge is 0.261 e. The Balaban J connectivity index is 2.03. The molecule has 0 aromatic heterocycles. The Labute approximate surface area is 212 Å². The highest BCUT2D eigenvalue weighted by molar-refractivity contribution is 6.99. The molecule has 6 heteroatoms. The molecule has 1 saturated heterocycles. The molecule has 0 bridgehead atoms. The van der Waals surface area contributed by atoms with Crippen molar-refractivity contribution in [2.75, 3.05) is 13.7 Å². The van der Waals surface area contributed by atoms with Crippen LogP contribution in [-0.2, 0) is 18.6 Å². The monoisotopic (exact) mass is 498 g/mol. The zero-order valence-electron chi connectivity index (χ0n) is 22.3. The van der Waals surface area contributed by atoms with Crippen LogP contribution in [-0.4, -0.2) is 56.8 Å². The summed E-state index contributed by atoms with van der Waals surface area (Å²) in [5, 5.41) is 13.4. The van der Waals surface area contributed by atoms with Crippen molar-refractivity contribution in [2.24, 2.45) is 0 Å². The number of ether oxygens (including phenoxy) is 3. The lowest BCUT2D eigenvalue weighted by Crippen LogP contribution is -2.67. The van der Waals surface area contributed by atoms with Gasteiger partial charge in [0.15, 0.2) is 5.79 Å². The molecule has 0 spiro atoms. The number of rotatable bonds is 10. The van der Waals surface area contributed by atoms with E-state index in [2.05, 4.69) is 75.9 Å². The fourth-order valence-electron chi connectivity index (χ4n) is 5.37. The maximum atomic E-state index is 11.2. The molecule has 2 aromatic carbocycles. The second kappa shape index (κ2) is 10.7. The predicted molar refractivity (Wildman–Crippen MR) is 144 cm³/mol. The first-order chi connectivity index (χ1) is 16.4. The van der Waals surface area contributed by atoms with E-state index in [0.717, 1.165) is 0 Å². The van der Waals surface area contributed by atoms with Crippen molar-refractivity contribution in [2.45, 2.75) is 82.7 Å². The summed E-state index contributed by atoms with van der Waals surface area (Å²) in [5.41, 5.74) is -1.17. The maximum Gasteiger partial charge on any atom is 0.261 e. The molecule has 3 rings (SSSR count). The second-order valence-corrected chi connectivity index (χ2v) is 15.4. The summed E-state index contributed by atoms with van der Waals surface area (Å²) in [6, 6.07) is 21.0. The average Bonchev–Trinajstić information content (AvgIpc) is 3.09. The summed E-state index contributed by atoms with van der Waals surface area (Å²) >= 11 is 0. The molecule has 0 radical (unpaired) electrons. The maximum absolute atomic E-state index is 11.2. The third kappa shape index (κ3) is 5.79. The molecule has 4 atom stereocenters. The van der Waals surface area contributed by atoms with Crippen molar-refractivity contribution in [1.82, 2.24) is 0 Å². The van der Waals surface area contributed by atoms with Gasteiger partial charge < -0.3 is 23.7 Å². The molecule has 0 aliphatic carbocycles. The van der Waals surface area contributed by atoms with Crippen molar-refractivity contribution < 1.29 is 23.7 Å². The van der Waals surface area contributed by atoms with Gasteiger partial charge in [0.1, 0.15) is 18.3 Å². The van der Waals surface area contributed by atoms with Gasteiger partial charge in [-0.2, -0.15) is 0 Å². The molecule has 1 heterocycles. The van der Waals surface area contributed by atoms with E-state index in [0.29, 0.717) is 13.0 Å². The molecule has 192 valence electrons. The summed E-state index contributed by atoms with van der Waals surface area (Å²) < 4.78 is 25.6. The largest absolute Gasteiger partial charge is 0.405 e. The number of methoxy groups -OCH3 is 1. The standard InChI is InChI=1S/C29H42O5Si/c1-9-20-29(7,30)26(31-8)25-24(33-28(5,6)34-25)21-32-35(27(2,3)4,22-16-12-10-13-17-22)23-18-14-11-15-19-23/h9-19,24-26,30H,1,20-21H2,2-8H3/t24-,25-,26+,29-/m0/s1. The van der Waals surface area contributed by atoms with E-state index in [1.165, 1.54) is 10.4 Å². The van der Waals surface area contributed by atoms with Gasteiger partial charge in [0, 0.05) is 7.11 Å². The summed E-state index contributed by atoms with van der Waals surface area (Å²) in [7, 11) is -1.16. The van der Waals surface area contributed by atoms with Crippen LogP contribution in [0.25, 0.3) is 0 Å². The van der Waals surface area contributed by atoms with E-state index >= 15 is 0 Å². The first-order valence-electron chi connectivity index (χ1n) is 12.3. The van der Waals surface area contributed by atoms with Crippen LogP contribution >= 0.6 is 0 Å². The van der Waals surface area contributed by atoms with Crippen molar-refractivity contribution in [1.29, 1.82) is 0 Å². The quantitative estimate of drug-likeness (QED) is 0.388. The molecule has 1 aliphatic heterocycles.